The van der Waals surface area contributed by atoms with E-state index in [1.54, 1.807) is 18.2 Å². The van der Waals surface area contributed by atoms with E-state index in [-0.39, 0.29) is 18.8 Å². The van der Waals surface area contributed by atoms with Crippen molar-refractivity contribution in [1.29, 1.82) is 0 Å². The molecule has 18 heavy (non-hydrogen) atoms. The molecule has 2 N–H and O–H groups in total. The number of nitrogens with two attached hydrogens (primary N) is 1. The van der Waals surface area contributed by atoms with Crippen LogP contribution in [0.5, 0.6) is 0 Å². The molecule has 1 aliphatic rings. The lowest BCUT2D eigenvalue weighted by atomic mass is 10.2. The normalized spacial score (nSPS) is 18.2. The molecule has 0 amide bonds. The first-order valence-electron chi connectivity index (χ1n) is 5.36. The molecule has 3 rings (SSSR count). The van der Waals surface area contributed by atoms with Crippen LogP contribution in [0.25, 0.3) is 11.0 Å². The van der Waals surface area contributed by atoms with Crippen LogP contribution in [0.1, 0.15) is 12.8 Å². The molecule has 0 unspecified atom stereocenters. The molecule has 0 aliphatic heterocycles. The monoisotopic (exact) mass is 367 g/mol. The van der Waals surface area contributed by atoms with Crippen LogP contribution in [0.15, 0.2) is 18.2 Å². The Balaban J connectivity index is 2.27. The molecule has 1 aromatic heterocycles. The molecule has 0 bridgehead atoms. The van der Waals surface area contributed by atoms with E-state index in [9.17, 15) is 13.2 Å². The van der Waals surface area contributed by atoms with Gasteiger partial charge in [0.05, 0.1) is 11.0 Å². The molecule has 0 spiro atoms. The summed E-state index contributed by atoms with van der Waals surface area (Å²) in [6.07, 6.45) is -4.16. The summed E-state index contributed by atoms with van der Waals surface area (Å²) in [4.78, 5) is 4.03. The minimum atomic E-state index is -4.29. The highest BCUT2D eigenvalue weighted by molar-refractivity contribution is 14.1. The third kappa shape index (κ3) is 1.52. The van der Waals surface area contributed by atoms with Crippen LogP contribution in [0.3, 0.4) is 0 Å². The van der Waals surface area contributed by atoms with Gasteiger partial charge in [0.15, 0.2) is 0 Å². The van der Waals surface area contributed by atoms with Gasteiger partial charge < -0.3 is 5.73 Å². The van der Waals surface area contributed by atoms with Gasteiger partial charge >= 0.3 is 6.18 Å². The largest absolute Gasteiger partial charge is 0.412 e. The van der Waals surface area contributed by atoms with Gasteiger partial charge in [-0.1, -0.05) is 0 Å². The van der Waals surface area contributed by atoms with E-state index in [0.29, 0.717) is 11.0 Å². The smallest absolute Gasteiger partial charge is 0.369 e. The number of fused-ring (bicyclic) bond motifs is 1. The fourth-order valence-corrected chi connectivity index (χ4v) is 2.75. The van der Waals surface area contributed by atoms with E-state index in [0.717, 1.165) is 8.14 Å². The van der Waals surface area contributed by atoms with Crippen LogP contribution in [0.2, 0.25) is 0 Å². The highest BCUT2D eigenvalue weighted by Gasteiger charge is 2.65. The van der Waals surface area contributed by atoms with Crippen LogP contribution in [0.4, 0.5) is 19.1 Å². The fraction of sp³-hybridized carbons (Fsp3) is 0.364. The summed E-state index contributed by atoms with van der Waals surface area (Å²) >= 11 is 2.09. The molecule has 1 aromatic carbocycles. The number of anilines is 1. The van der Waals surface area contributed by atoms with Gasteiger partial charge in [0.1, 0.15) is 5.54 Å². The number of hydrogen-bond acceptors (Lipinski definition) is 2. The van der Waals surface area contributed by atoms with Crippen molar-refractivity contribution in [2.24, 2.45) is 0 Å². The predicted octanol–water partition coefficient (Wildman–Crippen LogP) is 3.27. The predicted molar refractivity (Wildman–Crippen MR) is 70.1 cm³/mol. The molecule has 1 fully saturated rings. The Hall–Kier alpha value is -0.990. The maximum atomic E-state index is 13.1. The Labute approximate surface area is 114 Å². The Kier molecular flexibility index (Phi) is 2.36. The van der Waals surface area contributed by atoms with Gasteiger partial charge in [-0.25, -0.2) is 4.98 Å². The van der Waals surface area contributed by atoms with E-state index in [1.807, 2.05) is 0 Å². The summed E-state index contributed by atoms with van der Waals surface area (Å²) in [6.45, 7) is 0. The SMILES string of the molecule is Nc1nc2cc(I)ccc2n1C1(C(F)(F)F)CC1. The Morgan fingerprint density at radius 1 is 1.33 bits per heavy atom. The van der Waals surface area contributed by atoms with Gasteiger partial charge in [-0.15, -0.1) is 0 Å². The second-order valence-electron chi connectivity index (χ2n) is 4.47. The molecule has 2 aromatic rings. The molecule has 1 aliphatic carbocycles. The van der Waals surface area contributed by atoms with Crippen molar-refractivity contribution in [2.75, 3.05) is 5.73 Å². The summed E-state index contributed by atoms with van der Waals surface area (Å²) in [5.41, 5.74) is 4.78. The lowest BCUT2D eigenvalue weighted by molar-refractivity contribution is -0.178. The van der Waals surface area contributed by atoms with Gasteiger partial charge in [0.25, 0.3) is 0 Å². The van der Waals surface area contributed by atoms with Gasteiger partial charge in [0.2, 0.25) is 5.95 Å². The van der Waals surface area contributed by atoms with Crippen molar-refractivity contribution >= 4 is 39.6 Å². The zero-order valence-corrected chi connectivity index (χ0v) is 11.3. The Morgan fingerprint density at radius 3 is 2.56 bits per heavy atom. The Morgan fingerprint density at radius 2 is 2.00 bits per heavy atom. The summed E-state index contributed by atoms with van der Waals surface area (Å²) in [6, 6.07) is 5.13. The number of halogens is 4. The van der Waals surface area contributed by atoms with Crippen molar-refractivity contribution in [1.82, 2.24) is 9.55 Å². The van der Waals surface area contributed by atoms with Crippen LogP contribution in [-0.4, -0.2) is 15.7 Å². The van der Waals surface area contributed by atoms with Crippen molar-refractivity contribution < 1.29 is 13.2 Å². The average molecular weight is 367 g/mol. The summed E-state index contributed by atoms with van der Waals surface area (Å²) < 4.78 is 41.5. The maximum Gasteiger partial charge on any atom is 0.412 e. The fourth-order valence-electron chi connectivity index (χ4n) is 2.27. The standard InChI is InChI=1S/C11H9F3IN3/c12-11(13,14)10(3-4-10)18-8-2-1-6(15)5-7(8)17-9(18)16/h1-2,5H,3-4H2,(H2,16,17). The zero-order chi connectivity index (χ0) is 13.1. The van der Waals surface area contributed by atoms with Crippen molar-refractivity contribution in [3.8, 4) is 0 Å². The minimum Gasteiger partial charge on any atom is -0.369 e. The van der Waals surface area contributed by atoms with Crippen LogP contribution in [0, 0.1) is 3.57 Å². The number of aromatic nitrogens is 2. The van der Waals surface area contributed by atoms with E-state index in [2.05, 4.69) is 27.6 Å². The Bertz CT molecular complexity index is 628. The molecule has 0 saturated heterocycles. The van der Waals surface area contributed by atoms with Crippen LogP contribution < -0.4 is 5.73 Å². The molecule has 1 saturated carbocycles. The van der Waals surface area contributed by atoms with Crippen LogP contribution >= 0.6 is 22.6 Å². The first kappa shape index (κ1) is 12.1. The first-order chi connectivity index (χ1) is 8.35. The summed E-state index contributed by atoms with van der Waals surface area (Å²) in [7, 11) is 0. The molecule has 3 nitrogen and oxygen atoms in total. The molecule has 0 radical (unpaired) electrons. The molecular formula is C11H9F3IN3. The highest BCUT2D eigenvalue weighted by Crippen LogP contribution is 2.57. The molecule has 96 valence electrons. The van der Waals surface area contributed by atoms with E-state index >= 15 is 0 Å². The molecule has 0 atom stereocenters. The van der Waals surface area contributed by atoms with Crippen molar-refractivity contribution in [3.63, 3.8) is 0 Å². The van der Waals surface area contributed by atoms with Crippen molar-refractivity contribution in [3.05, 3.63) is 21.8 Å². The lowest BCUT2D eigenvalue weighted by Gasteiger charge is -2.22. The molecule has 7 heteroatoms. The average Bonchev–Trinajstić information content (AvgIpc) is 2.97. The van der Waals surface area contributed by atoms with E-state index in [4.69, 9.17) is 5.73 Å². The summed E-state index contributed by atoms with van der Waals surface area (Å²) in [5, 5.41) is 0. The van der Waals surface area contributed by atoms with Crippen LogP contribution in [-0.2, 0) is 5.54 Å². The minimum absolute atomic E-state index is 0.0676. The second-order valence-corrected chi connectivity index (χ2v) is 5.71. The third-order valence-corrected chi connectivity index (χ3v) is 3.99. The topological polar surface area (TPSA) is 43.8 Å². The highest BCUT2D eigenvalue weighted by atomic mass is 127. The second kappa shape index (κ2) is 3.52. The maximum absolute atomic E-state index is 13.1. The van der Waals surface area contributed by atoms with E-state index in [1.165, 1.54) is 0 Å². The number of alkyl halides is 3. The third-order valence-electron chi connectivity index (χ3n) is 3.32. The first-order valence-corrected chi connectivity index (χ1v) is 6.44. The number of hydrogen-bond donors (Lipinski definition) is 1. The van der Waals surface area contributed by atoms with E-state index < -0.39 is 11.7 Å². The number of rotatable bonds is 1. The molecule has 1 heterocycles. The quantitative estimate of drug-likeness (QED) is 0.787. The van der Waals surface area contributed by atoms with Crippen molar-refractivity contribution in [2.45, 2.75) is 24.6 Å². The number of benzene rings is 1. The van der Waals surface area contributed by atoms with Gasteiger partial charge in [-0.2, -0.15) is 13.2 Å². The van der Waals surface area contributed by atoms with Gasteiger partial charge in [-0.05, 0) is 53.6 Å². The number of nitrogens with zero attached hydrogens (tertiary/aromatic N) is 2. The molecular weight excluding hydrogens is 358 g/mol. The number of nitrogen functional groups attached to an aromatic ring is 1. The lowest BCUT2D eigenvalue weighted by Crippen LogP contribution is -2.35. The van der Waals surface area contributed by atoms with Gasteiger partial charge in [0, 0.05) is 3.57 Å². The zero-order valence-electron chi connectivity index (χ0n) is 9.13. The van der Waals surface area contributed by atoms with Gasteiger partial charge in [-0.3, -0.25) is 4.57 Å². The summed E-state index contributed by atoms with van der Waals surface area (Å²) in [5.74, 6) is -0.0678. The number of imidazole rings is 1.